The monoisotopic (exact) mass is 335 g/mol. The van der Waals surface area contributed by atoms with E-state index in [-0.39, 0.29) is 11.9 Å². The van der Waals surface area contributed by atoms with E-state index in [1.54, 1.807) is 12.4 Å². The molecule has 6 heteroatoms. The summed E-state index contributed by atoms with van der Waals surface area (Å²) >= 11 is 0. The van der Waals surface area contributed by atoms with Crippen molar-refractivity contribution in [2.75, 3.05) is 0 Å². The highest BCUT2D eigenvalue weighted by molar-refractivity contribution is 5.77. The number of amides is 1. The predicted molar refractivity (Wildman–Crippen MR) is 94.7 cm³/mol. The van der Waals surface area contributed by atoms with E-state index in [0.29, 0.717) is 12.8 Å². The van der Waals surface area contributed by atoms with Crippen molar-refractivity contribution in [1.29, 1.82) is 0 Å². The van der Waals surface area contributed by atoms with Crippen molar-refractivity contribution in [3.8, 4) is 0 Å². The molecule has 0 aliphatic rings. The van der Waals surface area contributed by atoms with Crippen molar-refractivity contribution in [2.24, 2.45) is 7.05 Å². The summed E-state index contributed by atoms with van der Waals surface area (Å²) in [4.78, 5) is 16.5. The number of nitrogens with one attached hydrogen (secondary N) is 1. The van der Waals surface area contributed by atoms with Crippen molar-refractivity contribution >= 4 is 5.91 Å². The minimum Gasteiger partial charge on any atom is -0.342 e. The summed E-state index contributed by atoms with van der Waals surface area (Å²) < 4.78 is 1.90. The molecule has 0 fully saturated rings. The van der Waals surface area contributed by atoms with Crippen LogP contribution in [0.2, 0.25) is 0 Å². The van der Waals surface area contributed by atoms with Crippen molar-refractivity contribution in [2.45, 2.75) is 25.8 Å². The average molecular weight is 335 g/mol. The van der Waals surface area contributed by atoms with Crippen LogP contribution in [0.4, 0.5) is 0 Å². The average Bonchev–Trinajstić information content (AvgIpc) is 2.98. The molecule has 0 saturated carbocycles. The first-order valence-electron chi connectivity index (χ1n) is 8.24. The number of hydrogen-bond donors (Lipinski definition) is 1. The molecule has 0 radical (unpaired) electrons. The fraction of sp³-hybridized carbons (Fsp3) is 0.263. The molecule has 0 unspecified atom stereocenters. The van der Waals surface area contributed by atoms with E-state index in [9.17, 15) is 4.79 Å². The van der Waals surface area contributed by atoms with Crippen LogP contribution in [0.15, 0.2) is 54.9 Å². The zero-order valence-corrected chi connectivity index (χ0v) is 14.4. The summed E-state index contributed by atoms with van der Waals surface area (Å²) in [5.74, 6) is 1.51. The minimum atomic E-state index is -0.322. The second-order valence-corrected chi connectivity index (χ2v) is 5.93. The Morgan fingerprint density at radius 1 is 1.12 bits per heavy atom. The Hall–Kier alpha value is -3.02. The number of aryl methyl sites for hydroxylation is 2. The van der Waals surface area contributed by atoms with Crippen LogP contribution in [0.5, 0.6) is 0 Å². The van der Waals surface area contributed by atoms with Gasteiger partial charge in [0.05, 0.1) is 0 Å². The van der Waals surface area contributed by atoms with Gasteiger partial charge in [0.1, 0.15) is 11.9 Å². The van der Waals surface area contributed by atoms with E-state index in [1.165, 1.54) is 0 Å². The first-order chi connectivity index (χ1) is 12.1. The standard InChI is InChI=1S/C19H21N5O/c1-14-22-23-19(24(14)2)18(16-6-4-3-5-7-16)21-17(25)9-8-15-10-12-20-13-11-15/h3-7,10-13,18H,8-9H2,1-2H3,(H,21,25)/t18-/m0/s1. The fourth-order valence-electron chi connectivity index (χ4n) is 2.66. The molecule has 1 amide bonds. The normalized spacial score (nSPS) is 11.9. The maximum atomic E-state index is 12.5. The van der Waals surface area contributed by atoms with Gasteiger partial charge in [-0.05, 0) is 36.6 Å². The van der Waals surface area contributed by atoms with E-state index in [0.717, 1.165) is 22.8 Å². The lowest BCUT2D eigenvalue weighted by Gasteiger charge is -2.18. The number of benzene rings is 1. The lowest BCUT2D eigenvalue weighted by molar-refractivity contribution is -0.121. The maximum absolute atomic E-state index is 12.5. The van der Waals surface area contributed by atoms with Crippen LogP contribution in [0.3, 0.4) is 0 Å². The van der Waals surface area contributed by atoms with Crippen molar-refractivity contribution < 1.29 is 4.79 Å². The van der Waals surface area contributed by atoms with Crippen LogP contribution in [-0.4, -0.2) is 25.7 Å². The predicted octanol–water partition coefficient (Wildman–Crippen LogP) is 2.36. The van der Waals surface area contributed by atoms with E-state index >= 15 is 0 Å². The van der Waals surface area contributed by atoms with Gasteiger partial charge < -0.3 is 9.88 Å². The minimum absolute atomic E-state index is 0.0219. The fourth-order valence-corrected chi connectivity index (χ4v) is 2.66. The zero-order valence-electron chi connectivity index (χ0n) is 14.4. The molecule has 0 aliphatic carbocycles. The molecule has 6 nitrogen and oxygen atoms in total. The molecule has 128 valence electrons. The summed E-state index contributed by atoms with van der Waals surface area (Å²) in [5.41, 5.74) is 2.08. The molecule has 2 aromatic heterocycles. The van der Waals surface area contributed by atoms with Gasteiger partial charge in [0.25, 0.3) is 0 Å². The molecule has 0 aliphatic heterocycles. The largest absolute Gasteiger partial charge is 0.342 e. The van der Waals surface area contributed by atoms with Gasteiger partial charge in [-0.1, -0.05) is 30.3 Å². The number of aromatic nitrogens is 4. The van der Waals surface area contributed by atoms with Gasteiger partial charge in [-0.3, -0.25) is 9.78 Å². The Labute approximate surface area is 146 Å². The third kappa shape index (κ3) is 4.09. The number of carbonyl (C=O) groups is 1. The van der Waals surface area contributed by atoms with Crippen LogP contribution in [-0.2, 0) is 18.3 Å². The Morgan fingerprint density at radius 2 is 1.84 bits per heavy atom. The second-order valence-electron chi connectivity index (χ2n) is 5.93. The summed E-state index contributed by atoms with van der Waals surface area (Å²) in [5, 5.41) is 11.5. The van der Waals surface area contributed by atoms with E-state index in [1.807, 2.05) is 61.0 Å². The van der Waals surface area contributed by atoms with Gasteiger partial charge in [-0.15, -0.1) is 10.2 Å². The highest BCUT2D eigenvalue weighted by Gasteiger charge is 2.22. The summed E-state index contributed by atoms with van der Waals surface area (Å²) in [6.45, 7) is 1.89. The number of carbonyl (C=O) groups excluding carboxylic acids is 1. The SMILES string of the molecule is Cc1nnc([C@@H](NC(=O)CCc2ccncc2)c2ccccc2)n1C. The Morgan fingerprint density at radius 3 is 2.48 bits per heavy atom. The quantitative estimate of drug-likeness (QED) is 0.750. The molecule has 0 spiro atoms. The third-order valence-electron chi connectivity index (χ3n) is 4.21. The summed E-state index contributed by atoms with van der Waals surface area (Å²) in [6.07, 6.45) is 4.56. The van der Waals surface area contributed by atoms with Gasteiger partial charge in [0.15, 0.2) is 5.82 Å². The van der Waals surface area contributed by atoms with Crippen molar-refractivity contribution in [1.82, 2.24) is 25.1 Å². The van der Waals surface area contributed by atoms with Gasteiger partial charge >= 0.3 is 0 Å². The number of hydrogen-bond acceptors (Lipinski definition) is 4. The lowest BCUT2D eigenvalue weighted by atomic mass is 10.1. The highest BCUT2D eigenvalue weighted by Crippen LogP contribution is 2.20. The molecular formula is C19H21N5O. The topological polar surface area (TPSA) is 72.7 Å². The Balaban J connectivity index is 1.76. The van der Waals surface area contributed by atoms with E-state index in [2.05, 4.69) is 20.5 Å². The second kappa shape index (κ2) is 7.70. The molecular weight excluding hydrogens is 314 g/mol. The first-order valence-corrected chi connectivity index (χ1v) is 8.24. The number of nitrogens with zero attached hydrogens (tertiary/aromatic N) is 4. The zero-order chi connectivity index (χ0) is 17.6. The molecule has 0 bridgehead atoms. The van der Waals surface area contributed by atoms with Crippen LogP contribution in [0.25, 0.3) is 0 Å². The number of pyridine rings is 1. The van der Waals surface area contributed by atoms with Gasteiger partial charge in [-0.2, -0.15) is 0 Å². The van der Waals surface area contributed by atoms with Crippen LogP contribution >= 0.6 is 0 Å². The molecule has 25 heavy (non-hydrogen) atoms. The molecule has 1 atom stereocenters. The lowest BCUT2D eigenvalue weighted by Crippen LogP contribution is -2.31. The highest BCUT2D eigenvalue weighted by atomic mass is 16.1. The molecule has 0 saturated heterocycles. The van der Waals surface area contributed by atoms with E-state index in [4.69, 9.17) is 0 Å². The molecule has 1 N–H and O–H groups in total. The van der Waals surface area contributed by atoms with Crippen LogP contribution in [0, 0.1) is 6.92 Å². The Kier molecular flexibility index (Phi) is 5.18. The van der Waals surface area contributed by atoms with Gasteiger partial charge in [0.2, 0.25) is 5.91 Å². The first kappa shape index (κ1) is 16.8. The van der Waals surface area contributed by atoms with Crippen LogP contribution in [0.1, 0.15) is 35.2 Å². The molecule has 1 aromatic carbocycles. The number of rotatable bonds is 6. The van der Waals surface area contributed by atoms with Crippen molar-refractivity contribution in [3.05, 3.63) is 77.6 Å². The summed E-state index contributed by atoms with van der Waals surface area (Å²) in [7, 11) is 1.91. The molecule has 3 aromatic rings. The van der Waals surface area contributed by atoms with Gasteiger partial charge in [-0.25, -0.2) is 0 Å². The molecule has 2 heterocycles. The van der Waals surface area contributed by atoms with E-state index < -0.39 is 0 Å². The Bertz CT molecular complexity index is 830. The third-order valence-corrected chi connectivity index (χ3v) is 4.21. The van der Waals surface area contributed by atoms with Crippen molar-refractivity contribution in [3.63, 3.8) is 0 Å². The summed E-state index contributed by atoms with van der Waals surface area (Å²) in [6, 6.07) is 13.4. The van der Waals surface area contributed by atoms with Crippen LogP contribution < -0.4 is 5.32 Å². The molecule has 3 rings (SSSR count). The van der Waals surface area contributed by atoms with Gasteiger partial charge in [0, 0.05) is 25.9 Å². The maximum Gasteiger partial charge on any atom is 0.221 e. The smallest absolute Gasteiger partial charge is 0.221 e.